The summed E-state index contributed by atoms with van der Waals surface area (Å²) < 4.78 is 5.06. The van der Waals surface area contributed by atoms with Gasteiger partial charge in [0, 0.05) is 19.7 Å². The summed E-state index contributed by atoms with van der Waals surface area (Å²) in [5.74, 6) is 0.650. The summed E-state index contributed by atoms with van der Waals surface area (Å²) >= 11 is 0. The summed E-state index contributed by atoms with van der Waals surface area (Å²) in [5.41, 5.74) is 0. The van der Waals surface area contributed by atoms with Crippen molar-refractivity contribution >= 4 is 5.97 Å². The average molecular weight is 243 g/mol. The molecule has 2 unspecified atom stereocenters. The molecular formula is C13H25NO3. The van der Waals surface area contributed by atoms with E-state index in [1.165, 1.54) is 6.42 Å². The lowest BCUT2D eigenvalue weighted by Gasteiger charge is -2.38. The Hall–Kier alpha value is -0.610. The summed E-state index contributed by atoms with van der Waals surface area (Å²) in [6.07, 6.45) is 3.49. The van der Waals surface area contributed by atoms with Gasteiger partial charge < -0.3 is 9.84 Å². The molecule has 1 rings (SSSR count). The van der Waals surface area contributed by atoms with Gasteiger partial charge in [0.1, 0.15) is 0 Å². The molecule has 1 fully saturated rings. The molecule has 0 spiro atoms. The second-order valence-corrected chi connectivity index (χ2v) is 5.43. The Morgan fingerprint density at radius 1 is 1.29 bits per heavy atom. The van der Waals surface area contributed by atoms with Crippen molar-refractivity contribution in [1.82, 2.24) is 4.90 Å². The van der Waals surface area contributed by atoms with Crippen molar-refractivity contribution < 1.29 is 14.6 Å². The lowest BCUT2D eigenvalue weighted by molar-refractivity contribution is -0.139. The lowest BCUT2D eigenvalue weighted by atomic mass is 9.80. The molecular weight excluding hydrogens is 218 g/mol. The third-order valence-corrected chi connectivity index (χ3v) is 3.59. The Balaban J connectivity index is 2.57. The fraction of sp³-hybridized carbons (Fsp3) is 0.923. The first-order chi connectivity index (χ1) is 8.02. The number of carboxylic acids is 1. The first kappa shape index (κ1) is 14.5. The fourth-order valence-corrected chi connectivity index (χ4v) is 2.98. The van der Waals surface area contributed by atoms with Crippen LogP contribution in [0.5, 0.6) is 0 Å². The lowest BCUT2D eigenvalue weighted by Crippen LogP contribution is -2.44. The average Bonchev–Trinajstić information content (AvgIpc) is 2.22. The molecule has 0 aliphatic heterocycles. The Bertz CT molecular complexity index is 235. The number of hydrogen-bond donors (Lipinski definition) is 1. The van der Waals surface area contributed by atoms with E-state index in [-0.39, 0.29) is 6.54 Å². The monoisotopic (exact) mass is 243 g/mol. The molecule has 4 heteroatoms. The molecule has 1 saturated carbocycles. The number of nitrogens with zero attached hydrogens (tertiary/aromatic N) is 1. The van der Waals surface area contributed by atoms with Crippen molar-refractivity contribution in [3.8, 4) is 0 Å². The second-order valence-electron chi connectivity index (χ2n) is 5.43. The maximum absolute atomic E-state index is 10.9. The van der Waals surface area contributed by atoms with Gasteiger partial charge in [-0.25, -0.2) is 0 Å². The highest BCUT2D eigenvalue weighted by Crippen LogP contribution is 2.31. The number of carbonyl (C=O) groups is 1. The maximum Gasteiger partial charge on any atom is 0.317 e. The van der Waals surface area contributed by atoms with Crippen LogP contribution in [0, 0.1) is 11.8 Å². The Labute approximate surface area is 104 Å². The van der Waals surface area contributed by atoms with Crippen LogP contribution in [0.4, 0.5) is 0 Å². The van der Waals surface area contributed by atoms with Crippen LogP contribution in [0.1, 0.15) is 33.1 Å². The summed E-state index contributed by atoms with van der Waals surface area (Å²) in [6, 6.07) is 0.403. The highest BCUT2D eigenvalue weighted by Gasteiger charge is 2.29. The van der Waals surface area contributed by atoms with Crippen molar-refractivity contribution in [1.29, 1.82) is 0 Å². The van der Waals surface area contributed by atoms with E-state index in [0.29, 0.717) is 31.0 Å². The third-order valence-electron chi connectivity index (χ3n) is 3.59. The smallest absolute Gasteiger partial charge is 0.317 e. The zero-order valence-corrected chi connectivity index (χ0v) is 11.2. The zero-order chi connectivity index (χ0) is 12.8. The molecule has 0 aromatic heterocycles. The minimum atomic E-state index is -0.744. The number of ether oxygens (including phenoxy) is 1. The van der Waals surface area contributed by atoms with Crippen molar-refractivity contribution in [2.75, 3.05) is 26.8 Å². The molecule has 100 valence electrons. The van der Waals surface area contributed by atoms with Crippen molar-refractivity contribution in [2.45, 2.75) is 39.2 Å². The number of hydrogen-bond acceptors (Lipinski definition) is 3. The molecule has 4 nitrogen and oxygen atoms in total. The maximum atomic E-state index is 10.9. The molecule has 0 saturated heterocycles. The Morgan fingerprint density at radius 2 is 1.88 bits per heavy atom. The van der Waals surface area contributed by atoms with E-state index in [1.54, 1.807) is 7.11 Å². The molecule has 0 heterocycles. The summed E-state index contributed by atoms with van der Waals surface area (Å²) in [4.78, 5) is 13.0. The molecule has 0 aromatic carbocycles. The first-order valence-corrected chi connectivity index (χ1v) is 6.47. The number of methoxy groups -OCH3 is 1. The van der Waals surface area contributed by atoms with Crippen LogP contribution in [-0.4, -0.2) is 48.8 Å². The minimum Gasteiger partial charge on any atom is -0.480 e. The van der Waals surface area contributed by atoms with Crippen LogP contribution in [-0.2, 0) is 9.53 Å². The number of carboxylic acid groups (broad SMARTS) is 1. The van der Waals surface area contributed by atoms with Gasteiger partial charge in [-0.1, -0.05) is 13.8 Å². The molecule has 1 N–H and O–H groups in total. The van der Waals surface area contributed by atoms with Gasteiger partial charge >= 0.3 is 5.97 Å². The van der Waals surface area contributed by atoms with Gasteiger partial charge in [0.15, 0.2) is 0 Å². The molecule has 17 heavy (non-hydrogen) atoms. The molecule has 0 aromatic rings. The number of aliphatic carboxylic acids is 1. The van der Waals surface area contributed by atoms with Crippen LogP contribution < -0.4 is 0 Å². The van der Waals surface area contributed by atoms with E-state index in [0.717, 1.165) is 12.8 Å². The van der Waals surface area contributed by atoms with Crippen molar-refractivity contribution in [3.05, 3.63) is 0 Å². The molecule has 1 aliphatic carbocycles. The van der Waals surface area contributed by atoms with Gasteiger partial charge in [-0.2, -0.15) is 0 Å². The van der Waals surface area contributed by atoms with Crippen LogP contribution in [0.25, 0.3) is 0 Å². The second kappa shape index (κ2) is 6.97. The summed E-state index contributed by atoms with van der Waals surface area (Å²) in [6.45, 7) is 5.97. The van der Waals surface area contributed by atoms with Crippen LogP contribution in [0.15, 0.2) is 0 Å². The van der Waals surface area contributed by atoms with Gasteiger partial charge in [-0.15, -0.1) is 0 Å². The third kappa shape index (κ3) is 5.04. The Kier molecular flexibility index (Phi) is 5.92. The highest BCUT2D eigenvalue weighted by molar-refractivity contribution is 5.69. The normalized spacial score (nSPS) is 29.5. The van der Waals surface area contributed by atoms with Gasteiger partial charge in [0.2, 0.25) is 0 Å². The largest absolute Gasteiger partial charge is 0.480 e. The minimum absolute atomic E-state index is 0.132. The van der Waals surface area contributed by atoms with Gasteiger partial charge in [-0.05, 0) is 31.1 Å². The SMILES string of the molecule is COCCN(CC(=O)O)C1CC(C)CC(C)C1. The molecule has 2 atom stereocenters. The highest BCUT2D eigenvalue weighted by atomic mass is 16.5. The van der Waals surface area contributed by atoms with Crippen molar-refractivity contribution in [2.24, 2.45) is 11.8 Å². The fourth-order valence-electron chi connectivity index (χ4n) is 2.98. The molecule has 0 radical (unpaired) electrons. The molecule has 0 amide bonds. The van der Waals surface area contributed by atoms with Gasteiger partial charge in [-0.3, -0.25) is 9.69 Å². The van der Waals surface area contributed by atoms with E-state index in [1.807, 2.05) is 0 Å². The summed E-state index contributed by atoms with van der Waals surface area (Å²) in [7, 11) is 1.66. The van der Waals surface area contributed by atoms with E-state index in [2.05, 4.69) is 18.7 Å². The van der Waals surface area contributed by atoms with E-state index in [4.69, 9.17) is 9.84 Å². The summed E-state index contributed by atoms with van der Waals surface area (Å²) in [5, 5.41) is 8.96. The van der Waals surface area contributed by atoms with E-state index in [9.17, 15) is 4.79 Å². The van der Waals surface area contributed by atoms with Crippen LogP contribution in [0.3, 0.4) is 0 Å². The zero-order valence-electron chi connectivity index (χ0n) is 11.2. The predicted molar refractivity (Wildman–Crippen MR) is 67.1 cm³/mol. The van der Waals surface area contributed by atoms with E-state index < -0.39 is 5.97 Å². The van der Waals surface area contributed by atoms with E-state index >= 15 is 0 Å². The predicted octanol–water partition coefficient (Wildman–Crippen LogP) is 1.84. The van der Waals surface area contributed by atoms with Crippen LogP contribution >= 0.6 is 0 Å². The molecule has 0 bridgehead atoms. The Morgan fingerprint density at radius 3 is 2.35 bits per heavy atom. The quantitative estimate of drug-likeness (QED) is 0.773. The van der Waals surface area contributed by atoms with Gasteiger partial charge in [0.25, 0.3) is 0 Å². The van der Waals surface area contributed by atoms with Gasteiger partial charge in [0.05, 0.1) is 13.2 Å². The first-order valence-electron chi connectivity index (χ1n) is 6.47. The standard InChI is InChI=1S/C13H25NO3/c1-10-6-11(2)8-12(7-10)14(4-5-17-3)9-13(15)16/h10-12H,4-9H2,1-3H3,(H,15,16). The van der Waals surface area contributed by atoms with Crippen molar-refractivity contribution in [3.63, 3.8) is 0 Å². The topological polar surface area (TPSA) is 49.8 Å². The number of rotatable bonds is 6. The molecule has 1 aliphatic rings. The van der Waals surface area contributed by atoms with Crippen LogP contribution in [0.2, 0.25) is 0 Å².